The van der Waals surface area contributed by atoms with Gasteiger partial charge in [-0.05, 0) is 27.4 Å². The first kappa shape index (κ1) is 9.46. The van der Waals surface area contributed by atoms with Crippen molar-refractivity contribution in [3.63, 3.8) is 0 Å². The molecule has 1 rings (SSSR count). The van der Waals surface area contributed by atoms with Gasteiger partial charge in [0.2, 0.25) is 0 Å². The van der Waals surface area contributed by atoms with Crippen LogP contribution in [0.2, 0.25) is 0 Å². The van der Waals surface area contributed by atoms with Crippen LogP contribution >= 0.6 is 15.9 Å². The van der Waals surface area contributed by atoms with Gasteiger partial charge in [0.25, 0.3) is 0 Å². The van der Waals surface area contributed by atoms with Gasteiger partial charge in [-0.3, -0.25) is 4.79 Å². The molecule has 0 saturated carbocycles. The molecule has 0 bridgehead atoms. The molecular weight excluding hydrogens is 216 g/mol. The van der Waals surface area contributed by atoms with Crippen LogP contribution < -0.4 is 0 Å². The van der Waals surface area contributed by atoms with Crippen molar-refractivity contribution in [2.45, 2.75) is 19.3 Å². The highest BCUT2D eigenvalue weighted by atomic mass is 79.9. The molecule has 12 heavy (non-hydrogen) atoms. The Balaban J connectivity index is 2.65. The number of benzene rings is 1. The van der Waals surface area contributed by atoms with Gasteiger partial charge >= 0.3 is 0 Å². The van der Waals surface area contributed by atoms with Gasteiger partial charge in [0.15, 0.2) is 4.69 Å². The summed E-state index contributed by atoms with van der Waals surface area (Å²) in [5.74, 6) is 0.304. The number of rotatable bonds is 3. The fourth-order valence-corrected chi connectivity index (χ4v) is 1.63. The highest BCUT2D eigenvalue weighted by molar-refractivity contribution is 9.18. The Bertz CT molecular complexity index is 256. The number of carbonyl (C=O) groups is 1. The Morgan fingerprint density at radius 3 is 2.50 bits per heavy atom. The van der Waals surface area contributed by atoms with Crippen LogP contribution in [0, 0.1) is 0 Å². The first-order chi connectivity index (χ1) is 5.70. The van der Waals surface area contributed by atoms with E-state index in [0.29, 0.717) is 12.3 Å². The minimum atomic E-state index is 0.0684. The van der Waals surface area contributed by atoms with Gasteiger partial charge in [-0.25, -0.2) is 0 Å². The summed E-state index contributed by atoms with van der Waals surface area (Å²) in [5.41, 5.74) is 1.21. The maximum absolute atomic E-state index is 10.7. The quantitative estimate of drug-likeness (QED) is 0.725. The second-order valence-corrected chi connectivity index (χ2v) is 3.76. The third-order valence-corrected chi connectivity index (χ3v) is 2.16. The number of halogens is 1. The van der Waals surface area contributed by atoms with E-state index in [2.05, 4.69) is 22.9 Å². The second kappa shape index (κ2) is 4.41. The SMILES string of the molecule is CC(CC(=O)Br)c1ccccc1. The molecule has 0 saturated heterocycles. The fourth-order valence-electron chi connectivity index (χ4n) is 1.14. The van der Waals surface area contributed by atoms with Crippen molar-refractivity contribution in [3.8, 4) is 0 Å². The topological polar surface area (TPSA) is 17.1 Å². The van der Waals surface area contributed by atoms with E-state index in [-0.39, 0.29) is 4.69 Å². The number of hydrogen-bond acceptors (Lipinski definition) is 1. The molecular formula is C10H11BrO. The Morgan fingerprint density at radius 1 is 1.42 bits per heavy atom. The molecule has 0 amide bonds. The zero-order valence-corrected chi connectivity index (χ0v) is 8.54. The van der Waals surface area contributed by atoms with E-state index < -0.39 is 0 Å². The summed E-state index contributed by atoms with van der Waals surface area (Å²) in [5, 5.41) is 0. The van der Waals surface area contributed by atoms with Crippen LogP contribution in [0.5, 0.6) is 0 Å². The third kappa shape index (κ3) is 2.78. The molecule has 1 atom stereocenters. The van der Waals surface area contributed by atoms with Crippen molar-refractivity contribution < 1.29 is 4.79 Å². The summed E-state index contributed by atoms with van der Waals surface area (Å²) in [7, 11) is 0. The van der Waals surface area contributed by atoms with Crippen LogP contribution in [0.25, 0.3) is 0 Å². The Kier molecular flexibility index (Phi) is 3.48. The van der Waals surface area contributed by atoms with Crippen LogP contribution in [0.15, 0.2) is 30.3 Å². The third-order valence-electron chi connectivity index (χ3n) is 1.84. The van der Waals surface area contributed by atoms with Gasteiger partial charge in [-0.1, -0.05) is 37.3 Å². The average molecular weight is 227 g/mol. The summed E-state index contributed by atoms with van der Waals surface area (Å²) < 4.78 is 0.0684. The lowest BCUT2D eigenvalue weighted by Gasteiger charge is -2.07. The summed E-state index contributed by atoms with van der Waals surface area (Å²) in [4.78, 5) is 10.7. The predicted octanol–water partition coefficient (Wildman–Crippen LogP) is 3.10. The highest BCUT2D eigenvalue weighted by Crippen LogP contribution is 2.19. The van der Waals surface area contributed by atoms with E-state index in [4.69, 9.17) is 0 Å². The van der Waals surface area contributed by atoms with Crippen LogP contribution in [-0.4, -0.2) is 4.69 Å². The maximum atomic E-state index is 10.7. The molecule has 64 valence electrons. The summed E-state index contributed by atoms with van der Waals surface area (Å²) in [6.45, 7) is 2.05. The van der Waals surface area contributed by atoms with Gasteiger partial charge in [0, 0.05) is 6.42 Å². The van der Waals surface area contributed by atoms with Gasteiger partial charge < -0.3 is 0 Å². The summed E-state index contributed by atoms with van der Waals surface area (Å²) in [6.07, 6.45) is 0.560. The molecule has 0 aliphatic rings. The van der Waals surface area contributed by atoms with E-state index in [1.807, 2.05) is 30.3 Å². The molecule has 0 heterocycles. The molecule has 0 aromatic heterocycles. The lowest BCUT2D eigenvalue weighted by atomic mass is 9.99. The Hall–Kier alpha value is -0.630. The van der Waals surface area contributed by atoms with Crippen molar-refractivity contribution in [2.75, 3.05) is 0 Å². The number of hydrogen-bond donors (Lipinski definition) is 0. The summed E-state index contributed by atoms with van der Waals surface area (Å²) in [6, 6.07) is 10.0. The Labute approximate surface area is 80.9 Å². The lowest BCUT2D eigenvalue weighted by molar-refractivity contribution is -0.110. The highest BCUT2D eigenvalue weighted by Gasteiger charge is 2.07. The first-order valence-electron chi connectivity index (χ1n) is 3.93. The molecule has 0 aliphatic heterocycles. The monoisotopic (exact) mass is 226 g/mol. The smallest absolute Gasteiger partial charge is 0.198 e. The molecule has 0 radical (unpaired) electrons. The summed E-state index contributed by atoms with van der Waals surface area (Å²) >= 11 is 2.93. The molecule has 0 N–H and O–H groups in total. The van der Waals surface area contributed by atoms with Gasteiger partial charge in [-0.2, -0.15) is 0 Å². The molecule has 0 fully saturated rings. The lowest BCUT2D eigenvalue weighted by Crippen LogP contribution is -1.97. The van der Waals surface area contributed by atoms with E-state index >= 15 is 0 Å². The van der Waals surface area contributed by atoms with Crippen molar-refractivity contribution in [1.29, 1.82) is 0 Å². The van der Waals surface area contributed by atoms with Crippen molar-refractivity contribution in [1.82, 2.24) is 0 Å². The van der Waals surface area contributed by atoms with Crippen LogP contribution in [0.3, 0.4) is 0 Å². The van der Waals surface area contributed by atoms with Crippen LogP contribution in [0.1, 0.15) is 24.8 Å². The number of carbonyl (C=O) groups excluding carboxylic acids is 1. The average Bonchev–Trinajstić information content (AvgIpc) is 2.05. The van der Waals surface area contributed by atoms with E-state index in [0.717, 1.165) is 0 Å². The second-order valence-electron chi connectivity index (χ2n) is 2.87. The van der Waals surface area contributed by atoms with E-state index in [1.165, 1.54) is 5.56 Å². The Morgan fingerprint density at radius 2 is 2.00 bits per heavy atom. The van der Waals surface area contributed by atoms with Crippen molar-refractivity contribution in [2.24, 2.45) is 0 Å². The predicted molar refractivity (Wildman–Crippen MR) is 53.4 cm³/mol. The zero-order valence-electron chi connectivity index (χ0n) is 6.96. The molecule has 1 unspecified atom stereocenters. The van der Waals surface area contributed by atoms with Gasteiger partial charge in [0.1, 0.15) is 0 Å². The fraction of sp³-hybridized carbons (Fsp3) is 0.300. The van der Waals surface area contributed by atoms with Crippen LogP contribution in [-0.2, 0) is 4.79 Å². The van der Waals surface area contributed by atoms with Crippen LogP contribution in [0.4, 0.5) is 0 Å². The van der Waals surface area contributed by atoms with Crippen molar-refractivity contribution in [3.05, 3.63) is 35.9 Å². The molecule has 1 aromatic rings. The molecule has 2 heteroatoms. The normalized spacial score (nSPS) is 12.5. The van der Waals surface area contributed by atoms with E-state index in [9.17, 15) is 4.79 Å². The maximum Gasteiger partial charge on any atom is 0.198 e. The van der Waals surface area contributed by atoms with E-state index in [1.54, 1.807) is 0 Å². The minimum Gasteiger partial charge on any atom is -0.287 e. The van der Waals surface area contributed by atoms with Crippen molar-refractivity contribution >= 4 is 20.6 Å². The standard InChI is InChI=1S/C10H11BrO/c1-8(7-10(11)12)9-5-3-2-4-6-9/h2-6,8H,7H2,1H3. The molecule has 0 spiro atoms. The van der Waals surface area contributed by atoms with Gasteiger partial charge in [-0.15, -0.1) is 0 Å². The molecule has 1 aromatic carbocycles. The minimum absolute atomic E-state index is 0.0684. The molecule has 1 nitrogen and oxygen atoms in total. The largest absolute Gasteiger partial charge is 0.287 e. The van der Waals surface area contributed by atoms with Gasteiger partial charge in [0.05, 0.1) is 0 Å². The zero-order chi connectivity index (χ0) is 8.97. The first-order valence-corrected chi connectivity index (χ1v) is 4.72. The molecule has 0 aliphatic carbocycles.